The number of hydrogen-bond acceptors (Lipinski definition) is 3. The predicted molar refractivity (Wildman–Crippen MR) is 82.4 cm³/mol. The number of benzene rings is 1. The lowest BCUT2D eigenvalue weighted by molar-refractivity contribution is 0.256. The maximum absolute atomic E-state index is 11.9. The molecule has 2 aromatic heterocycles. The molecule has 104 valence electrons. The van der Waals surface area contributed by atoms with Gasteiger partial charge >= 0.3 is 6.03 Å². The van der Waals surface area contributed by atoms with E-state index in [0.29, 0.717) is 5.82 Å². The molecule has 0 radical (unpaired) electrons. The van der Waals surface area contributed by atoms with Gasteiger partial charge in [0.2, 0.25) is 0 Å². The second-order valence-electron chi connectivity index (χ2n) is 4.67. The minimum absolute atomic E-state index is 0.484. The van der Waals surface area contributed by atoms with Crippen molar-refractivity contribution < 1.29 is 4.79 Å². The second kappa shape index (κ2) is 5.20. The number of nitrogens with two attached hydrogens (primary N) is 1. The summed E-state index contributed by atoms with van der Waals surface area (Å²) < 4.78 is 0. The van der Waals surface area contributed by atoms with Gasteiger partial charge in [0.05, 0.1) is 16.7 Å². The summed E-state index contributed by atoms with van der Waals surface area (Å²) in [5.74, 6) is 0.484. The van der Waals surface area contributed by atoms with Gasteiger partial charge in [0.15, 0.2) is 0 Å². The van der Waals surface area contributed by atoms with Crippen molar-refractivity contribution in [3.05, 3.63) is 60.3 Å². The fraction of sp³-hybridized carbons (Fsp3) is 0.0625. The Bertz CT molecular complexity index is 816. The van der Waals surface area contributed by atoms with Crippen LogP contribution in [0.15, 0.2) is 54.7 Å². The summed E-state index contributed by atoms with van der Waals surface area (Å²) in [5.41, 5.74) is 8.71. The highest BCUT2D eigenvalue weighted by Crippen LogP contribution is 2.27. The van der Waals surface area contributed by atoms with Crippen molar-refractivity contribution in [2.75, 3.05) is 4.90 Å². The van der Waals surface area contributed by atoms with Crippen LogP contribution in [0.1, 0.15) is 5.56 Å². The molecule has 0 aliphatic carbocycles. The number of anilines is 2. The highest BCUT2D eigenvalue weighted by Gasteiger charge is 2.18. The van der Waals surface area contributed by atoms with Gasteiger partial charge in [-0.3, -0.25) is 4.98 Å². The van der Waals surface area contributed by atoms with Gasteiger partial charge in [0.25, 0.3) is 0 Å². The number of carbonyl (C=O) groups excluding carboxylic acids is 1. The number of hydrogen-bond donors (Lipinski definition) is 1. The van der Waals surface area contributed by atoms with Crippen molar-refractivity contribution >= 4 is 28.6 Å². The van der Waals surface area contributed by atoms with E-state index < -0.39 is 6.03 Å². The number of primary amides is 1. The summed E-state index contributed by atoms with van der Waals surface area (Å²) in [6.07, 6.45) is 1.71. The van der Waals surface area contributed by atoms with E-state index in [2.05, 4.69) is 9.97 Å². The molecule has 3 rings (SSSR count). The SMILES string of the molecule is Cc1ccccc1N(C(N)=O)c1ccc2ncccc2n1. The molecule has 0 aliphatic heterocycles. The van der Waals surface area contributed by atoms with Gasteiger partial charge < -0.3 is 5.73 Å². The monoisotopic (exact) mass is 278 g/mol. The number of aryl methyl sites for hydroxylation is 1. The maximum atomic E-state index is 11.9. The molecule has 0 bridgehead atoms. The molecule has 2 heterocycles. The first-order chi connectivity index (χ1) is 10.2. The van der Waals surface area contributed by atoms with Crippen LogP contribution < -0.4 is 10.6 Å². The number of amides is 2. The summed E-state index contributed by atoms with van der Waals surface area (Å²) in [7, 11) is 0. The van der Waals surface area contributed by atoms with E-state index in [-0.39, 0.29) is 0 Å². The van der Waals surface area contributed by atoms with E-state index in [1.807, 2.05) is 49.4 Å². The zero-order chi connectivity index (χ0) is 14.8. The van der Waals surface area contributed by atoms with Crippen LogP contribution in [0.25, 0.3) is 11.0 Å². The van der Waals surface area contributed by atoms with Gasteiger partial charge in [-0.1, -0.05) is 18.2 Å². The van der Waals surface area contributed by atoms with Crippen LogP contribution in [-0.4, -0.2) is 16.0 Å². The molecule has 1 aromatic carbocycles. The Kier molecular flexibility index (Phi) is 3.23. The average Bonchev–Trinajstić information content (AvgIpc) is 2.49. The third-order valence-corrected chi connectivity index (χ3v) is 3.25. The third kappa shape index (κ3) is 2.41. The zero-order valence-electron chi connectivity index (χ0n) is 11.5. The Morgan fingerprint density at radius 3 is 2.62 bits per heavy atom. The van der Waals surface area contributed by atoms with E-state index in [4.69, 9.17) is 5.73 Å². The minimum atomic E-state index is -0.569. The lowest BCUT2D eigenvalue weighted by Crippen LogP contribution is -2.32. The van der Waals surface area contributed by atoms with Crippen molar-refractivity contribution in [1.82, 2.24) is 9.97 Å². The number of carbonyl (C=O) groups is 1. The molecule has 5 heteroatoms. The van der Waals surface area contributed by atoms with Crippen LogP contribution in [0.3, 0.4) is 0 Å². The first-order valence-electron chi connectivity index (χ1n) is 6.54. The van der Waals surface area contributed by atoms with Crippen LogP contribution in [-0.2, 0) is 0 Å². The van der Waals surface area contributed by atoms with Crippen molar-refractivity contribution in [1.29, 1.82) is 0 Å². The molecule has 2 N–H and O–H groups in total. The van der Waals surface area contributed by atoms with Crippen LogP contribution in [0, 0.1) is 6.92 Å². The van der Waals surface area contributed by atoms with Gasteiger partial charge in [-0.05, 0) is 42.8 Å². The third-order valence-electron chi connectivity index (χ3n) is 3.25. The molecule has 21 heavy (non-hydrogen) atoms. The number of urea groups is 1. The molecule has 3 aromatic rings. The number of nitrogens with zero attached hydrogens (tertiary/aromatic N) is 3. The minimum Gasteiger partial charge on any atom is -0.351 e. The lowest BCUT2D eigenvalue weighted by Gasteiger charge is -2.21. The van der Waals surface area contributed by atoms with Gasteiger partial charge in [0, 0.05) is 6.20 Å². The fourth-order valence-corrected chi connectivity index (χ4v) is 2.24. The molecule has 0 atom stereocenters. The number of para-hydroxylation sites is 1. The predicted octanol–water partition coefficient (Wildman–Crippen LogP) is 3.16. The smallest absolute Gasteiger partial charge is 0.325 e. The summed E-state index contributed by atoms with van der Waals surface area (Å²) >= 11 is 0. The summed E-state index contributed by atoms with van der Waals surface area (Å²) in [6.45, 7) is 1.92. The van der Waals surface area contributed by atoms with E-state index in [1.54, 1.807) is 12.3 Å². The van der Waals surface area contributed by atoms with Crippen LogP contribution in [0.4, 0.5) is 16.3 Å². The molecule has 5 nitrogen and oxygen atoms in total. The number of aromatic nitrogens is 2. The van der Waals surface area contributed by atoms with E-state index in [9.17, 15) is 4.79 Å². The first kappa shape index (κ1) is 13.1. The molecule has 0 unspecified atom stereocenters. The van der Waals surface area contributed by atoms with Crippen molar-refractivity contribution in [3.8, 4) is 0 Å². The number of rotatable bonds is 2. The molecular weight excluding hydrogens is 264 g/mol. The van der Waals surface area contributed by atoms with Gasteiger partial charge in [-0.15, -0.1) is 0 Å². The largest absolute Gasteiger partial charge is 0.351 e. The van der Waals surface area contributed by atoms with Crippen molar-refractivity contribution in [2.45, 2.75) is 6.92 Å². The highest BCUT2D eigenvalue weighted by molar-refractivity contribution is 5.99. The van der Waals surface area contributed by atoms with Gasteiger partial charge in [0.1, 0.15) is 5.82 Å². The Morgan fingerprint density at radius 1 is 1.05 bits per heavy atom. The highest BCUT2D eigenvalue weighted by atomic mass is 16.2. The molecule has 0 aliphatic rings. The molecular formula is C16H14N4O. The summed E-state index contributed by atoms with van der Waals surface area (Å²) in [6, 6.07) is 14.2. The molecule has 2 amide bonds. The normalized spacial score (nSPS) is 10.5. The Morgan fingerprint density at radius 2 is 1.86 bits per heavy atom. The standard InChI is InChI=1S/C16H14N4O/c1-11-5-2-3-7-14(11)20(16(17)21)15-9-8-12-13(19-15)6-4-10-18-12/h2-10H,1H3,(H2,17,21). The average molecular weight is 278 g/mol. The lowest BCUT2D eigenvalue weighted by atomic mass is 10.2. The van der Waals surface area contributed by atoms with Crippen LogP contribution in [0.5, 0.6) is 0 Å². The maximum Gasteiger partial charge on any atom is 0.325 e. The van der Waals surface area contributed by atoms with Crippen LogP contribution in [0.2, 0.25) is 0 Å². The summed E-state index contributed by atoms with van der Waals surface area (Å²) in [5, 5.41) is 0. The van der Waals surface area contributed by atoms with Crippen LogP contribution >= 0.6 is 0 Å². The number of pyridine rings is 2. The van der Waals surface area contributed by atoms with E-state index >= 15 is 0 Å². The second-order valence-corrected chi connectivity index (χ2v) is 4.67. The Labute approximate surface area is 122 Å². The topological polar surface area (TPSA) is 72.1 Å². The van der Waals surface area contributed by atoms with E-state index in [0.717, 1.165) is 22.3 Å². The number of fused-ring (bicyclic) bond motifs is 1. The fourth-order valence-electron chi connectivity index (χ4n) is 2.24. The zero-order valence-corrected chi connectivity index (χ0v) is 11.5. The first-order valence-corrected chi connectivity index (χ1v) is 6.54. The molecule has 0 saturated carbocycles. The van der Waals surface area contributed by atoms with E-state index in [1.165, 1.54) is 4.90 Å². The molecule has 0 fully saturated rings. The quantitative estimate of drug-likeness (QED) is 0.782. The Hall–Kier alpha value is -2.95. The van der Waals surface area contributed by atoms with Gasteiger partial charge in [-0.2, -0.15) is 0 Å². The van der Waals surface area contributed by atoms with Crippen molar-refractivity contribution in [2.24, 2.45) is 5.73 Å². The summed E-state index contributed by atoms with van der Waals surface area (Å²) in [4.78, 5) is 22.0. The molecule has 0 saturated heterocycles. The van der Waals surface area contributed by atoms with Crippen molar-refractivity contribution in [3.63, 3.8) is 0 Å². The van der Waals surface area contributed by atoms with Gasteiger partial charge in [-0.25, -0.2) is 14.7 Å². The molecule has 0 spiro atoms. The Balaban J connectivity index is 2.16.